The fourth-order valence-electron chi connectivity index (χ4n) is 2.73. The Morgan fingerprint density at radius 3 is 2.32 bits per heavy atom. The lowest BCUT2D eigenvalue weighted by molar-refractivity contribution is 0.823. The molecule has 1 aromatic heterocycles. The zero-order valence-electron chi connectivity index (χ0n) is 14.5. The number of benzene rings is 1. The van der Waals surface area contributed by atoms with Crippen molar-refractivity contribution in [1.29, 1.82) is 0 Å². The number of rotatable bonds is 2. The Morgan fingerprint density at radius 1 is 0.955 bits per heavy atom. The van der Waals surface area contributed by atoms with Crippen LogP contribution in [0.25, 0.3) is 17.2 Å². The number of hydrogen-bond donors (Lipinski definition) is 0. The first kappa shape index (κ1) is 16.5. The molecule has 1 heterocycles. The average Bonchev–Trinajstić information content (AvgIpc) is 2.56. The van der Waals surface area contributed by atoms with Gasteiger partial charge in [-0.25, -0.2) is 0 Å². The Hall–Kier alpha value is -1.89. The number of nitrogens with zero attached hydrogens (tertiary/aromatic N) is 1. The van der Waals surface area contributed by atoms with E-state index < -0.39 is 0 Å². The number of aromatic nitrogens is 1. The van der Waals surface area contributed by atoms with E-state index in [9.17, 15) is 0 Å². The summed E-state index contributed by atoms with van der Waals surface area (Å²) in [6.07, 6.45) is 6.65. The van der Waals surface area contributed by atoms with E-state index in [0.717, 1.165) is 12.1 Å². The third-order valence-corrected chi connectivity index (χ3v) is 4.04. The molecule has 22 heavy (non-hydrogen) atoms. The Kier molecular flexibility index (Phi) is 5.54. The van der Waals surface area contributed by atoms with Crippen LogP contribution < -0.4 is 0 Å². The molecule has 0 unspecified atom stereocenters. The van der Waals surface area contributed by atoms with Crippen molar-refractivity contribution in [3.63, 3.8) is 0 Å². The minimum absolute atomic E-state index is 0.487. The molecule has 1 aliphatic rings. The first-order valence-corrected chi connectivity index (χ1v) is 8.40. The van der Waals surface area contributed by atoms with Gasteiger partial charge in [0.15, 0.2) is 0 Å². The van der Waals surface area contributed by atoms with Crippen LogP contribution in [0.3, 0.4) is 0 Å². The molecule has 2 aromatic rings. The topological polar surface area (TPSA) is 12.9 Å². The van der Waals surface area contributed by atoms with Crippen molar-refractivity contribution >= 4 is 6.08 Å². The maximum absolute atomic E-state index is 4.57. The number of pyridine rings is 1. The average molecular weight is 293 g/mol. The van der Waals surface area contributed by atoms with Gasteiger partial charge in [0.2, 0.25) is 0 Å². The highest BCUT2D eigenvalue weighted by Gasteiger charge is 2.09. The van der Waals surface area contributed by atoms with Gasteiger partial charge in [-0.05, 0) is 48.4 Å². The summed E-state index contributed by atoms with van der Waals surface area (Å²) in [5.74, 6) is 0.487. The summed E-state index contributed by atoms with van der Waals surface area (Å²) in [6.45, 7) is 10.6. The predicted molar refractivity (Wildman–Crippen MR) is 97.1 cm³/mol. The first-order chi connectivity index (χ1) is 10.6. The summed E-state index contributed by atoms with van der Waals surface area (Å²) < 4.78 is 0. The Bertz CT molecular complexity index is 648. The van der Waals surface area contributed by atoms with Crippen LogP contribution in [0.5, 0.6) is 0 Å². The van der Waals surface area contributed by atoms with Gasteiger partial charge in [0, 0.05) is 17.5 Å². The normalized spacial score (nSPS) is 13.1. The molecule has 0 saturated heterocycles. The molecule has 1 nitrogen and oxygen atoms in total. The minimum atomic E-state index is 0.487. The molecule has 116 valence electrons. The quantitative estimate of drug-likeness (QED) is 0.638. The Labute approximate surface area is 135 Å². The van der Waals surface area contributed by atoms with Gasteiger partial charge in [-0.1, -0.05) is 63.6 Å². The van der Waals surface area contributed by atoms with Gasteiger partial charge in [0.05, 0.1) is 0 Å². The molecule has 3 rings (SSSR count). The van der Waals surface area contributed by atoms with E-state index in [0.29, 0.717) is 5.92 Å². The third kappa shape index (κ3) is 3.65. The van der Waals surface area contributed by atoms with E-state index in [2.05, 4.69) is 62.2 Å². The van der Waals surface area contributed by atoms with Gasteiger partial charge in [-0.15, -0.1) is 0 Å². The molecule has 0 fully saturated rings. The van der Waals surface area contributed by atoms with Crippen molar-refractivity contribution in [1.82, 2.24) is 4.98 Å². The number of fused-ring (bicyclic) bond motifs is 1. The SMILES string of the molecule is CC.CC1=Cc2ccc(-c3ccc(C(C)C)nc3)cc2CC1. The van der Waals surface area contributed by atoms with E-state index in [1.807, 2.05) is 20.0 Å². The van der Waals surface area contributed by atoms with Crippen LogP contribution in [0.15, 0.2) is 42.1 Å². The van der Waals surface area contributed by atoms with E-state index in [1.165, 1.54) is 34.2 Å². The second-order valence-corrected chi connectivity index (χ2v) is 6.03. The second-order valence-electron chi connectivity index (χ2n) is 6.03. The molecule has 0 bridgehead atoms. The van der Waals surface area contributed by atoms with E-state index in [1.54, 1.807) is 0 Å². The lowest BCUT2D eigenvalue weighted by Crippen LogP contribution is -1.98. The fourth-order valence-corrected chi connectivity index (χ4v) is 2.73. The van der Waals surface area contributed by atoms with Crippen molar-refractivity contribution in [3.05, 3.63) is 58.9 Å². The Morgan fingerprint density at radius 2 is 1.68 bits per heavy atom. The van der Waals surface area contributed by atoms with E-state index in [-0.39, 0.29) is 0 Å². The molecule has 1 heteroatoms. The first-order valence-electron chi connectivity index (χ1n) is 8.40. The number of hydrogen-bond acceptors (Lipinski definition) is 1. The van der Waals surface area contributed by atoms with Gasteiger partial charge in [0.1, 0.15) is 0 Å². The molecule has 0 radical (unpaired) electrons. The van der Waals surface area contributed by atoms with E-state index in [4.69, 9.17) is 0 Å². The van der Waals surface area contributed by atoms with Crippen LogP contribution in [0.2, 0.25) is 0 Å². The summed E-state index contributed by atoms with van der Waals surface area (Å²) >= 11 is 0. The van der Waals surface area contributed by atoms with Crippen molar-refractivity contribution in [3.8, 4) is 11.1 Å². The summed E-state index contributed by atoms with van der Waals surface area (Å²) in [7, 11) is 0. The lowest BCUT2D eigenvalue weighted by atomic mass is 9.90. The van der Waals surface area contributed by atoms with Crippen LogP contribution >= 0.6 is 0 Å². The molecule has 1 aromatic carbocycles. The van der Waals surface area contributed by atoms with Crippen molar-refractivity contribution in [2.75, 3.05) is 0 Å². The predicted octanol–water partition coefficient (Wildman–Crippen LogP) is 6.25. The standard InChI is InChI=1S/C19H21N.C2H6/c1-13(2)19-9-8-18(12-20-19)17-7-6-15-10-14(3)4-5-16(15)11-17;1-2/h6-13H,4-5H2,1-3H3;1-2H3. The van der Waals surface area contributed by atoms with Gasteiger partial charge >= 0.3 is 0 Å². The van der Waals surface area contributed by atoms with Gasteiger partial charge in [0.25, 0.3) is 0 Å². The highest BCUT2D eigenvalue weighted by molar-refractivity contribution is 5.69. The highest BCUT2D eigenvalue weighted by Crippen LogP contribution is 2.28. The lowest BCUT2D eigenvalue weighted by Gasteiger charge is -2.15. The molecule has 0 atom stereocenters. The fraction of sp³-hybridized carbons (Fsp3) is 0.381. The summed E-state index contributed by atoms with van der Waals surface area (Å²) in [5, 5.41) is 0. The van der Waals surface area contributed by atoms with Crippen LogP contribution in [0, 0.1) is 0 Å². The second kappa shape index (κ2) is 7.40. The van der Waals surface area contributed by atoms with Crippen LogP contribution in [-0.4, -0.2) is 4.98 Å². The Balaban J connectivity index is 0.000000847. The summed E-state index contributed by atoms with van der Waals surface area (Å²) in [5.41, 5.74) is 7.96. The molecule has 0 amide bonds. The number of allylic oxidation sites excluding steroid dienone is 1. The van der Waals surface area contributed by atoms with Crippen LogP contribution in [0.4, 0.5) is 0 Å². The monoisotopic (exact) mass is 293 g/mol. The van der Waals surface area contributed by atoms with E-state index >= 15 is 0 Å². The van der Waals surface area contributed by atoms with Gasteiger partial charge in [-0.2, -0.15) is 0 Å². The van der Waals surface area contributed by atoms with Crippen molar-refractivity contribution in [2.24, 2.45) is 0 Å². The smallest absolute Gasteiger partial charge is 0.0429 e. The van der Waals surface area contributed by atoms with Crippen molar-refractivity contribution in [2.45, 2.75) is 53.4 Å². The molecule has 0 N–H and O–H groups in total. The largest absolute Gasteiger partial charge is 0.260 e. The summed E-state index contributed by atoms with van der Waals surface area (Å²) in [6, 6.07) is 11.1. The molecular weight excluding hydrogens is 266 g/mol. The van der Waals surface area contributed by atoms with Crippen LogP contribution in [0.1, 0.15) is 63.8 Å². The third-order valence-electron chi connectivity index (χ3n) is 4.04. The van der Waals surface area contributed by atoms with Gasteiger partial charge in [-0.3, -0.25) is 4.98 Å². The van der Waals surface area contributed by atoms with Crippen molar-refractivity contribution < 1.29 is 0 Å². The maximum Gasteiger partial charge on any atom is 0.0429 e. The van der Waals surface area contributed by atoms with Gasteiger partial charge < -0.3 is 0 Å². The zero-order valence-corrected chi connectivity index (χ0v) is 14.5. The maximum atomic E-state index is 4.57. The molecule has 0 spiro atoms. The molecule has 0 saturated carbocycles. The highest BCUT2D eigenvalue weighted by atomic mass is 14.7. The summed E-state index contributed by atoms with van der Waals surface area (Å²) in [4.78, 5) is 4.57. The minimum Gasteiger partial charge on any atom is -0.260 e. The molecule has 1 aliphatic carbocycles. The molecule has 0 aliphatic heterocycles. The van der Waals surface area contributed by atoms with Crippen LogP contribution in [-0.2, 0) is 6.42 Å². The zero-order chi connectivity index (χ0) is 16.1. The molecular formula is C21H27N. The number of aryl methyl sites for hydroxylation is 1.